The van der Waals surface area contributed by atoms with Gasteiger partial charge in [-0.25, -0.2) is 0 Å². The van der Waals surface area contributed by atoms with Crippen molar-refractivity contribution >= 4 is 0 Å². The molecule has 0 nitrogen and oxygen atoms in total. The molecule has 0 bridgehead atoms. The monoisotopic (exact) mass is 109 g/mol. The number of hydrogen-bond donors (Lipinski definition) is 0. The van der Waals surface area contributed by atoms with E-state index in [9.17, 15) is 13.2 Å². The van der Waals surface area contributed by atoms with E-state index in [1.165, 1.54) is 6.42 Å². The lowest BCUT2D eigenvalue weighted by Gasteiger charge is -1.99. The fourth-order valence-corrected chi connectivity index (χ4v) is 0.335. The summed E-state index contributed by atoms with van der Waals surface area (Å²) in [5.41, 5.74) is 0. The molecule has 0 N–H and O–H groups in total. The van der Waals surface area contributed by atoms with Crippen LogP contribution in [0.15, 0.2) is 0 Å². The van der Waals surface area contributed by atoms with E-state index in [-0.39, 0.29) is 6.42 Å². The normalized spacial score (nSPS) is 22.7. The Bertz CT molecular complexity index is 69.5. The molecule has 0 saturated heterocycles. The summed E-state index contributed by atoms with van der Waals surface area (Å²) in [6.07, 6.45) is -2.47. The van der Waals surface area contributed by atoms with Gasteiger partial charge in [0.25, 0.3) is 0 Å². The molecular weight excluding hydrogens is 105 g/mol. The molecule has 0 amide bonds. The van der Waals surface area contributed by atoms with Crippen LogP contribution >= 0.6 is 0 Å². The van der Waals surface area contributed by atoms with Crippen molar-refractivity contribution in [2.45, 2.75) is 12.6 Å². The molecule has 1 fully saturated rings. The van der Waals surface area contributed by atoms with Crippen molar-refractivity contribution in [1.29, 1.82) is 0 Å². The molecule has 0 aromatic rings. The van der Waals surface area contributed by atoms with Gasteiger partial charge in [0.2, 0.25) is 0 Å². The maximum Gasteiger partial charge on any atom is 0.392 e. The van der Waals surface area contributed by atoms with E-state index in [2.05, 4.69) is 0 Å². The van der Waals surface area contributed by atoms with Gasteiger partial charge in [-0.1, -0.05) is 0 Å². The molecule has 1 saturated carbocycles. The summed E-state index contributed by atoms with van der Waals surface area (Å²) in [5.74, 6) is -1.08. The highest BCUT2D eigenvalue weighted by Gasteiger charge is 2.47. The largest absolute Gasteiger partial charge is 0.392 e. The third-order valence-corrected chi connectivity index (χ3v) is 0.892. The van der Waals surface area contributed by atoms with Crippen LogP contribution in [0.4, 0.5) is 13.2 Å². The van der Waals surface area contributed by atoms with E-state index < -0.39 is 12.1 Å². The maximum absolute atomic E-state index is 11.2. The van der Waals surface area contributed by atoms with Crippen LogP contribution in [0.5, 0.6) is 0 Å². The van der Waals surface area contributed by atoms with Crippen LogP contribution in [0.1, 0.15) is 6.42 Å². The fourth-order valence-electron chi connectivity index (χ4n) is 0.335. The van der Waals surface area contributed by atoms with Gasteiger partial charge in [0, 0.05) is 0 Å². The lowest BCUT2D eigenvalue weighted by Crippen LogP contribution is -2.09. The zero-order valence-electron chi connectivity index (χ0n) is 3.50. The summed E-state index contributed by atoms with van der Waals surface area (Å²) < 4.78 is 33.6. The van der Waals surface area contributed by atoms with Crippen LogP contribution in [-0.4, -0.2) is 6.18 Å². The van der Waals surface area contributed by atoms with Crippen molar-refractivity contribution in [3.8, 4) is 0 Å². The highest BCUT2D eigenvalue weighted by molar-refractivity contribution is 4.99. The van der Waals surface area contributed by atoms with Gasteiger partial charge in [0.1, 0.15) is 0 Å². The molecule has 0 aromatic heterocycles. The van der Waals surface area contributed by atoms with E-state index in [0.29, 0.717) is 0 Å². The summed E-state index contributed by atoms with van der Waals surface area (Å²) in [6.45, 7) is 0. The first kappa shape index (κ1) is 4.94. The Labute approximate surface area is 39.3 Å². The van der Waals surface area contributed by atoms with E-state index in [1.807, 2.05) is 0 Å². The van der Waals surface area contributed by atoms with E-state index in [4.69, 9.17) is 0 Å². The van der Waals surface area contributed by atoms with Gasteiger partial charge in [-0.2, -0.15) is 13.2 Å². The first-order valence-corrected chi connectivity index (χ1v) is 2.01. The quantitative estimate of drug-likeness (QED) is 0.444. The predicted octanol–water partition coefficient (Wildman–Crippen LogP) is 1.77. The average Bonchev–Trinajstić information content (AvgIpc) is 1.99. The van der Waals surface area contributed by atoms with E-state index in [1.54, 1.807) is 0 Å². The Balaban J connectivity index is 2.36. The minimum Gasteiger partial charge on any atom is -0.171 e. The van der Waals surface area contributed by atoms with Crippen LogP contribution in [-0.2, 0) is 0 Å². The van der Waals surface area contributed by atoms with Crippen molar-refractivity contribution in [1.82, 2.24) is 0 Å². The Kier molecular flexibility index (Phi) is 0.805. The van der Waals surface area contributed by atoms with Gasteiger partial charge >= 0.3 is 6.18 Å². The third kappa shape index (κ3) is 1.08. The first-order chi connectivity index (χ1) is 3.11. The van der Waals surface area contributed by atoms with Crippen molar-refractivity contribution < 1.29 is 13.2 Å². The summed E-state index contributed by atoms with van der Waals surface area (Å²) in [5, 5.41) is 0. The second kappa shape index (κ2) is 1.14. The molecule has 0 aromatic carbocycles. The fraction of sp³-hybridized carbons (Fsp3) is 0.750. The van der Waals surface area contributed by atoms with E-state index in [0.717, 1.165) is 0 Å². The number of alkyl halides is 3. The molecule has 0 heterocycles. The second-order valence-electron chi connectivity index (χ2n) is 1.62. The Morgan fingerprint density at radius 3 is 1.86 bits per heavy atom. The van der Waals surface area contributed by atoms with Crippen molar-refractivity contribution in [2.24, 2.45) is 5.92 Å². The molecule has 1 rings (SSSR count). The molecule has 0 spiro atoms. The smallest absolute Gasteiger partial charge is 0.171 e. The Hall–Kier alpha value is -0.210. The van der Waals surface area contributed by atoms with Crippen molar-refractivity contribution in [3.63, 3.8) is 0 Å². The SMILES string of the molecule is FC(F)(F)[C@H]1[CH]C1. The summed E-state index contributed by atoms with van der Waals surface area (Å²) in [7, 11) is 0. The zero-order valence-corrected chi connectivity index (χ0v) is 3.50. The Morgan fingerprint density at radius 2 is 1.86 bits per heavy atom. The third-order valence-electron chi connectivity index (χ3n) is 0.892. The van der Waals surface area contributed by atoms with Crippen LogP contribution in [0.3, 0.4) is 0 Å². The molecule has 3 heteroatoms. The topological polar surface area (TPSA) is 0 Å². The minimum atomic E-state index is -3.94. The molecule has 0 aliphatic heterocycles. The van der Waals surface area contributed by atoms with Crippen LogP contribution in [0.25, 0.3) is 0 Å². The van der Waals surface area contributed by atoms with Crippen LogP contribution in [0.2, 0.25) is 0 Å². The lowest BCUT2D eigenvalue weighted by molar-refractivity contribution is -0.144. The maximum atomic E-state index is 11.2. The van der Waals surface area contributed by atoms with Crippen molar-refractivity contribution in [3.05, 3.63) is 6.42 Å². The number of rotatable bonds is 0. The van der Waals surface area contributed by atoms with Gasteiger partial charge in [-0.05, 0) is 12.8 Å². The molecule has 41 valence electrons. The molecule has 1 aliphatic rings. The highest BCUT2D eigenvalue weighted by atomic mass is 19.4. The van der Waals surface area contributed by atoms with Crippen LogP contribution < -0.4 is 0 Å². The highest BCUT2D eigenvalue weighted by Crippen LogP contribution is 2.42. The van der Waals surface area contributed by atoms with Gasteiger partial charge in [-0.3, -0.25) is 0 Å². The van der Waals surface area contributed by atoms with Gasteiger partial charge in [-0.15, -0.1) is 0 Å². The molecular formula is C4H4F3. The Morgan fingerprint density at radius 1 is 1.43 bits per heavy atom. The average molecular weight is 109 g/mol. The first-order valence-electron chi connectivity index (χ1n) is 2.01. The van der Waals surface area contributed by atoms with Gasteiger partial charge in [0.05, 0.1) is 5.92 Å². The lowest BCUT2D eigenvalue weighted by atomic mass is 10.4. The number of halogens is 3. The van der Waals surface area contributed by atoms with Crippen molar-refractivity contribution in [2.75, 3.05) is 0 Å². The van der Waals surface area contributed by atoms with E-state index >= 15 is 0 Å². The molecule has 1 radical (unpaired) electrons. The standard InChI is InChI=1S/C4H4F3/c5-4(6,7)3-1-2-3/h1,3H,2H2/t3-/m0/s1. The summed E-state index contributed by atoms with van der Waals surface area (Å²) in [4.78, 5) is 0. The van der Waals surface area contributed by atoms with Crippen LogP contribution in [0, 0.1) is 12.3 Å². The van der Waals surface area contributed by atoms with Gasteiger partial charge < -0.3 is 0 Å². The molecule has 1 aliphatic carbocycles. The summed E-state index contributed by atoms with van der Waals surface area (Å²) in [6, 6.07) is 0. The van der Waals surface area contributed by atoms with Gasteiger partial charge in [0.15, 0.2) is 0 Å². The zero-order chi connectivity index (χ0) is 5.49. The number of hydrogen-bond acceptors (Lipinski definition) is 0. The minimum absolute atomic E-state index is 0.226. The molecule has 7 heavy (non-hydrogen) atoms. The summed E-state index contributed by atoms with van der Waals surface area (Å²) >= 11 is 0. The molecule has 0 unspecified atom stereocenters. The second-order valence-corrected chi connectivity index (χ2v) is 1.62. The predicted molar refractivity (Wildman–Crippen MR) is 18.5 cm³/mol. The molecule has 1 atom stereocenters.